The summed E-state index contributed by atoms with van der Waals surface area (Å²) in [5.74, 6) is 0.527. The van der Waals surface area contributed by atoms with Crippen molar-refractivity contribution in [1.82, 2.24) is 9.80 Å². The van der Waals surface area contributed by atoms with Gasteiger partial charge in [-0.1, -0.05) is 12.1 Å². The molecule has 0 spiro atoms. The van der Waals surface area contributed by atoms with Gasteiger partial charge in [0.05, 0.1) is 6.04 Å². The Morgan fingerprint density at radius 2 is 1.46 bits per heavy atom. The summed E-state index contributed by atoms with van der Waals surface area (Å²) in [6, 6.07) is 6.55. The second kappa shape index (κ2) is 6.19. The van der Waals surface area contributed by atoms with E-state index in [1.165, 1.54) is 12.1 Å². The van der Waals surface area contributed by atoms with Gasteiger partial charge in [-0.2, -0.15) is 0 Å². The Labute approximate surface area is 141 Å². The molecule has 0 radical (unpaired) electrons. The molecule has 128 valence electrons. The Kier molecular flexibility index (Phi) is 4.02. The molecular weight excluding hydrogens is 307 g/mol. The summed E-state index contributed by atoms with van der Waals surface area (Å²) < 4.78 is 13.1. The quantitative estimate of drug-likeness (QED) is 0.855. The van der Waals surface area contributed by atoms with Gasteiger partial charge in [0.25, 0.3) is 0 Å². The van der Waals surface area contributed by atoms with Gasteiger partial charge in [-0.15, -0.1) is 0 Å². The molecule has 4 nitrogen and oxygen atoms in total. The number of benzene rings is 1. The molecule has 2 amide bonds. The highest BCUT2D eigenvalue weighted by Gasteiger charge is 2.40. The number of halogens is 1. The molecule has 4 rings (SSSR count). The normalized spacial score (nSPS) is 24.6. The number of nitrogens with zero attached hydrogens (tertiary/aromatic N) is 2. The average Bonchev–Trinajstić information content (AvgIpc) is 3.40. The van der Waals surface area contributed by atoms with Crippen LogP contribution in [0.3, 0.4) is 0 Å². The van der Waals surface area contributed by atoms with Crippen LogP contribution in [-0.4, -0.2) is 41.2 Å². The van der Waals surface area contributed by atoms with Crippen LogP contribution in [0.15, 0.2) is 24.3 Å². The van der Waals surface area contributed by atoms with Crippen LogP contribution in [0.4, 0.5) is 4.39 Å². The van der Waals surface area contributed by atoms with Crippen LogP contribution < -0.4 is 0 Å². The first-order valence-electron chi connectivity index (χ1n) is 8.98. The molecule has 0 N–H and O–H groups in total. The molecule has 2 saturated heterocycles. The van der Waals surface area contributed by atoms with Crippen molar-refractivity contribution in [1.29, 1.82) is 0 Å². The molecule has 1 aromatic rings. The van der Waals surface area contributed by atoms with Crippen LogP contribution in [0.1, 0.15) is 43.7 Å². The van der Waals surface area contributed by atoms with Gasteiger partial charge in [0.2, 0.25) is 11.8 Å². The average molecular weight is 330 g/mol. The van der Waals surface area contributed by atoms with E-state index in [1.807, 2.05) is 9.80 Å². The standard InChI is InChI=1S/C19H23FN2O2/c20-16-5-3-13(4-6-16)17-9-12-22(17)19(24)15-7-10-21(11-8-15)18(23)14-1-2-14/h3-6,14-15,17H,1-2,7-12H2/t17-/m1/s1. The fourth-order valence-electron chi connectivity index (χ4n) is 3.85. The van der Waals surface area contributed by atoms with E-state index < -0.39 is 0 Å². The van der Waals surface area contributed by atoms with E-state index >= 15 is 0 Å². The lowest BCUT2D eigenvalue weighted by Crippen LogP contribution is -2.50. The van der Waals surface area contributed by atoms with Crippen LogP contribution in [0.25, 0.3) is 0 Å². The smallest absolute Gasteiger partial charge is 0.226 e. The van der Waals surface area contributed by atoms with Crippen molar-refractivity contribution in [3.63, 3.8) is 0 Å². The van der Waals surface area contributed by atoms with Crippen LogP contribution in [-0.2, 0) is 9.59 Å². The van der Waals surface area contributed by atoms with E-state index in [2.05, 4.69) is 0 Å². The molecule has 3 fully saturated rings. The molecule has 1 atom stereocenters. The number of likely N-dealkylation sites (tertiary alicyclic amines) is 2. The molecule has 2 aliphatic heterocycles. The van der Waals surface area contributed by atoms with E-state index in [1.54, 1.807) is 12.1 Å². The lowest BCUT2D eigenvalue weighted by molar-refractivity contribution is -0.147. The predicted octanol–water partition coefficient (Wildman–Crippen LogP) is 2.75. The first-order chi connectivity index (χ1) is 11.6. The van der Waals surface area contributed by atoms with Crippen LogP contribution in [0.5, 0.6) is 0 Å². The Morgan fingerprint density at radius 1 is 0.833 bits per heavy atom. The van der Waals surface area contributed by atoms with Crippen LogP contribution in [0, 0.1) is 17.7 Å². The van der Waals surface area contributed by atoms with Crippen molar-refractivity contribution in [3.8, 4) is 0 Å². The van der Waals surface area contributed by atoms with E-state index in [4.69, 9.17) is 0 Å². The topological polar surface area (TPSA) is 40.6 Å². The minimum Gasteiger partial charge on any atom is -0.342 e. The van der Waals surface area contributed by atoms with E-state index in [-0.39, 0.29) is 35.5 Å². The number of rotatable bonds is 3. The zero-order valence-corrected chi connectivity index (χ0v) is 13.8. The third-order valence-electron chi connectivity index (χ3n) is 5.64. The number of piperidine rings is 1. The van der Waals surface area contributed by atoms with Crippen molar-refractivity contribution in [3.05, 3.63) is 35.6 Å². The predicted molar refractivity (Wildman–Crippen MR) is 87.5 cm³/mol. The van der Waals surface area contributed by atoms with Gasteiger partial charge in [-0.05, 0) is 49.8 Å². The molecule has 0 aromatic heterocycles. The van der Waals surface area contributed by atoms with Crippen molar-refractivity contribution in [2.75, 3.05) is 19.6 Å². The SMILES string of the molecule is O=C(C1CC1)N1CCC(C(=O)N2CC[C@@H]2c2ccc(F)cc2)CC1. The highest BCUT2D eigenvalue weighted by molar-refractivity contribution is 5.83. The maximum atomic E-state index is 13.1. The lowest BCUT2D eigenvalue weighted by Gasteiger charge is -2.44. The summed E-state index contributed by atoms with van der Waals surface area (Å²) >= 11 is 0. The summed E-state index contributed by atoms with van der Waals surface area (Å²) in [6.45, 7) is 2.20. The minimum absolute atomic E-state index is 0.0245. The largest absolute Gasteiger partial charge is 0.342 e. The Balaban J connectivity index is 1.34. The summed E-state index contributed by atoms with van der Waals surface area (Å²) in [6.07, 6.45) is 4.54. The number of amides is 2. The molecule has 5 heteroatoms. The molecule has 0 unspecified atom stereocenters. The summed E-state index contributed by atoms with van der Waals surface area (Å²) in [5, 5.41) is 0. The van der Waals surface area contributed by atoms with Crippen molar-refractivity contribution in [2.24, 2.45) is 11.8 Å². The van der Waals surface area contributed by atoms with Crippen molar-refractivity contribution in [2.45, 2.75) is 38.1 Å². The fourth-order valence-corrected chi connectivity index (χ4v) is 3.85. The third-order valence-corrected chi connectivity index (χ3v) is 5.64. The number of hydrogen-bond acceptors (Lipinski definition) is 2. The lowest BCUT2D eigenvalue weighted by atomic mass is 9.89. The van der Waals surface area contributed by atoms with Crippen molar-refractivity contribution < 1.29 is 14.0 Å². The maximum absolute atomic E-state index is 13.1. The molecule has 1 saturated carbocycles. The van der Waals surface area contributed by atoms with E-state index in [0.29, 0.717) is 13.1 Å². The number of carbonyl (C=O) groups is 2. The molecule has 3 aliphatic rings. The summed E-state index contributed by atoms with van der Waals surface area (Å²) in [4.78, 5) is 28.8. The zero-order chi connectivity index (χ0) is 16.7. The van der Waals surface area contributed by atoms with Crippen LogP contribution in [0.2, 0.25) is 0 Å². The summed E-state index contributed by atoms with van der Waals surface area (Å²) in [5.41, 5.74) is 1.01. The third kappa shape index (κ3) is 2.92. The molecule has 24 heavy (non-hydrogen) atoms. The fraction of sp³-hybridized carbons (Fsp3) is 0.579. The highest BCUT2D eigenvalue weighted by atomic mass is 19.1. The van der Waals surface area contributed by atoms with E-state index in [9.17, 15) is 14.0 Å². The van der Waals surface area contributed by atoms with Crippen LogP contribution >= 0.6 is 0 Å². The minimum atomic E-state index is -0.247. The Morgan fingerprint density at radius 3 is 2.00 bits per heavy atom. The molecule has 1 aliphatic carbocycles. The monoisotopic (exact) mass is 330 g/mol. The second-order valence-corrected chi connectivity index (χ2v) is 7.26. The zero-order valence-electron chi connectivity index (χ0n) is 13.8. The van der Waals surface area contributed by atoms with Gasteiger partial charge in [0.1, 0.15) is 5.82 Å². The Hall–Kier alpha value is -1.91. The van der Waals surface area contributed by atoms with Gasteiger partial charge < -0.3 is 9.80 Å². The maximum Gasteiger partial charge on any atom is 0.226 e. The van der Waals surface area contributed by atoms with Gasteiger partial charge in [-0.25, -0.2) is 4.39 Å². The van der Waals surface area contributed by atoms with E-state index in [0.717, 1.165) is 44.2 Å². The second-order valence-electron chi connectivity index (χ2n) is 7.26. The highest BCUT2D eigenvalue weighted by Crippen LogP contribution is 2.37. The number of hydrogen-bond donors (Lipinski definition) is 0. The first-order valence-corrected chi connectivity index (χ1v) is 8.98. The van der Waals surface area contributed by atoms with Crippen molar-refractivity contribution >= 4 is 11.8 Å². The molecular formula is C19H23FN2O2. The molecule has 1 aromatic carbocycles. The van der Waals surface area contributed by atoms with Gasteiger partial charge in [0, 0.05) is 31.5 Å². The van der Waals surface area contributed by atoms with Gasteiger partial charge in [0.15, 0.2) is 0 Å². The van der Waals surface area contributed by atoms with Gasteiger partial charge in [-0.3, -0.25) is 9.59 Å². The molecule has 0 bridgehead atoms. The number of carbonyl (C=O) groups excluding carboxylic acids is 2. The molecule has 2 heterocycles. The first kappa shape index (κ1) is 15.6. The summed E-state index contributed by atoms with van der Waals surface area (Å²) in [7, 11) is 0. The Bertz CT molecular complexity index is 633. The van der Waals surface area contributed by atoms with Gasteiger partial charge >= 0.3 is 0 Å².